The first-order valence-electron chi connectivity index (χ1n) is 6.05. The minimum Gasteiger partial charge on any atom is -0.444 e. The summed E-state index contributed by atoms with van der Waals surface area (Å²) in [6.45, 7) is 5.78. The van der Waals surface area contributed by atoms with Crippen LogP contribution in [-0.4, -0.2) is 21.1 Å². The van der Waals surface area contributed by atoms with E-state index in [1.54, 1.807) is 12.1 Å². The monoisotopic (exact) mass is 407 g/mol. The Morgan fingerprint density at radius 1 is 1.55 bits per heavy atom. The van der Waals surface area contributed by atoms with Crippen LogP contribution in [0.5, 0.6) is 0 Å². The fourth-order valence-electron chi connectivity index (χ4n) is 1.62. The Kier molecular flexibility index (Phi) is 4.43. The summed E-state index contributed by atoms with van der Waals surface area (Å²) in [7, 11) is 0. The fourth-order valence-corrected chi connectivity index (χ4v) is 2.49. The van der Waals surface area contributed by atoms with Crippen LogP contribution in [0.3, 0.4) is 0 Å². The van der Waals surface area contributed by atoms with Crippen molar-refractivity contribution in [3.63, 3.8) is 0 Å². The van der Waals surface area contributed by atoms with Crippen molar-refractivity contribution in [2.24, 2.45) is 0 Å². The van der Waals surface area contributed by atoms with E-state index in [9.17, 15) is 4.79 Å². The number of amides is 1. The summed E-state index contributed by atoms with van der Waals surface area (Å²) >= 11 is 8.12. The van der Waals surface area contributed by atoms with Gasteiger partial charge in [0.15, 0.2) is 0 Å². The first-order chi connectivity index (χ1) is 9.26. The van der Waals surface area contributed by atoms with Crippen LogP contribution >= 0.6 is 34.2 Å². The highest BCUT2D eigenvalue weighted by Gasteiger charge is 2.17. The van der Waals surface area contributed by atoms with Gasteiger partial charge in [0.2, 0.25) is 0 Å². The number of nitrogens with one attached hydrogen (secondary N) is 1. The molecule has 7 heteroatoms. The first kappa shape index (κ1) is 15.4. The van der Waals surface area contributed by atoms with Gasteiger partial charge in [-0.2, -0.15) is 0 Å². The van der Waals surface area contributed by atoms with Gasteiger partial charge in [0.25, 0.3) is 0 Å². The normalized spacial score (nSPS) is 11.7. The number of pyridine rings is 1. The Hall–Kier alpha value is -1.02. The van der Waals surface area contributed by atoms with Gasteiger partial charge in [-0.25, -0.2) is 9.78 Å². The van der Waals surface area contributed by atoms with E-state index in [2.05, 4.69) is 32.9 Å². The van der Waals surface area contributed by atoms with Gasteiger partial charge in [0.05, 0.1) is 12.2 Å². The van der Waals surface area contributed by atoms with Crippen molar-refractivity contribution in [1.82, 2.24) is 14.7 Å². The maximum absolute atomic E-state index is 11.6. The highest BCUT2D eigenvalue weighted by molar-refractivity contribution is 14.1. The Balaban J connectivity index is 2.10. The topological polar surface area (TPSA) is 55.6 Å². The number of aromatic nitrogens is 2. The zero-order valence-electron chi connectivity index (χ0n) is 11.4. The van der Waals surface area contributed by atoms with Crippen LogP contribution in [-0.2, 0) is 11.3 Å². The van der Waals surface area contributed by atoms with Gasteiger partial charge in [0.1, 0.15) is 14.9 Å². The highest BCUT2D eigenvalue weighted by Crippen LogP contribution is 2.18. The van der Waals surface area contributed by atoms with E-state index in [1.807, 2.05) is 31.4 Å². The second-order valence-electron chi connectivity index (χ2n) is 5.28. The summed E-state index contributed by atoms with van der Waals surface area (Å²) < 4.78 is 8.04. The third-order valence-electron chi connectivity index (χ3n) is 2.39. The Morgan fingerprint density at radius 3 is 2.90 bits per heavy atom. The van der Waals surface area contributed by atoms with Gasteiger partial charge in [-0.1, -0.05) is 11.6 Å². The number of halogens is 2. The van der Waals surface area contributed by atoms with Gasteiger partial charge in [0, 0.05) is 17.3 Å². The van der Waals surface area contributed by atoms with Crippen LogP contribution in [0.4, 0.5) is 4.79 Å². The number of imidazole rings is 1. The third-order valence-corrected chi connectivity index (χ3v) is 3.77. The molecule has 0 spiro atoms. The minimum atomic E-state index is -0.510. The summed E-state index contributed by atoms with van der Waals surface area (Å²) in [6, 6.07) is 3.57. The summed E-state index contributed by atoms with van der Waals surface area (Å²) in [5, 5.41) is 3.33. The standard InChI is InChI=1S/C13H15ClIN3O2/c1-13(2,3)20-12(19)16-7-9-11(15)18-5-4-8(14)6-10(18)17-9/h4-6H,7H2,1-3H3,(H,16,19). The van der Waals surface area contributed by atoms with E-state index < -0.39 is 11.7 Å². The van der Waals surface area contributed by atoms with Crippen molar-refractivity contribution in [3.8, 4) is 0 Å². The minimum absolute atomic E-state index is 0.312. The van der Waals surface area contributed by atoms with Crippen molar-refractivity contribution in [2.45, 2.75) is 32.9 Å². The molecule has 0 aliphatic heterocycles. The van der Waals surface area contributed by atoms with Gasteiger partial charge in [-0.05, 0) is 49.4 Å². The molecule has 0 atom stereocenters. The molecule has 2 aromatic rings. The van der Waals surface area contributed by atoms with Crippen molar-refractivity contribution < 1.29 is 9.53 Å². The molecule has 108 valence electrons. The lowest BCUT2D eigenvalue weighted by Gasteiger charge is -2.19. The fraction of sp³-hybridized carbons (Fsp3) is 0.385. The Morgan fingerprint density at radius 2 is 2.25 bits per heavy atom. The van der Waals surface area contributed by atoms with E-state index in [-0.39, 0.29) is 0 Å². The lowest BCUT2D eigenvalue weighted by Crippen LogP contribution is -2.32. The zero-order chi connectivity index (χ0) is 14.9. The molecule has 1 N–H and O–H groups in total. The molecular formula is C13H15ClIN3O2. The number of carbonyl (C=O) groups excluding carboxylic acids is 1. The van der Waals surface area contributed by atoms with Crippen molar-refractivity contribution in [2.75, 3.05) is 0 Å². The molecule has 0 fully saturated rings. The lowest BCUT2D eigenvalue weighted by molar-refractivity contribution is 0.0523. The van der Waals surface area contributed by atoms with E-state index in [1.165, 1.54) is 0 Å². The molecule has 0 radical (unpaired) electrons. The number of rotatable bonds is 2. The third kappa shape index (κ3) is 3.76. The molecule has 2 heterocycles. The van der Waals surface area contributed by atoms with Crippen molar-refractivity contribution in [3.05, 3.63) is 32.7 Å². The molecule has 0 saturated carbocycles. The Labute approximate surface area is 135 Å². The molecule has 0 aliphatic carbocycles. The molecule has 1 amide bonds. The zero-order valence-corrected chi connectivity index (χ0v) is 14.3. The summed E-state index contributed by atoms with van der Waals surface area (Å²) in [5.74, 6) is 0. The molecule has 2 aromatic heterocycles. The van der Waals surface area contributed by atoms with E-state index in [4.69, 9.17) is 16.3 Å². The number of nitrogens with zero attached hydrogens (tertiary/aromatic N) is 2. The van der Waals surface area contributed by atoms with Crippen LogP contribution in [0, 0.1) is 3.70 Å². The summed E-state index contributed by atoms with van der Waals surface area (Å²) in [6.07, 6.45) is 1.40. The lowest BCUT2D eigenvalue weighted by atomic mass is 10.2. The second kappa shape index (κ2) is 5.77. The molecule has 2 rings (SSSR count). The number of carbonyl (C=O) groups is 1. The van der Waals surface area contributed by atoms with Gasteiger partial charge in [-0.3, -0.25) is 4.40 Å². The molecule has 0 bridgehead atoms. The summed E-state index contributed by atoms with van der Waals surface area (Å²) in [5.41, 5.74) is 1.02. The molecule has 0 unspecified atom stereocenters. The van der Waals surface area contributed by atoms with Crippen LogP contribution < -0.4 is 5.32 Å². The number of hydrogen-bond donors (Lipinski definition) is 1. The van der Waals surface area contributed by atoms with Crippen molar-refractivity contribution in [1.29, 1.82) is 0 Å². The van der Waals surface area contributed by atoms with Crippen LogP contribution in [0.1, 0.15) is 26.5 Å². The van der Waals surface area contributed by atoms with Crippen molar-refractivity contribution >= 4 is 45.9 Å². The highest BCUT2D eigenvalue weighted by atomic mass is 127. The molecule has 0 aromatic carbocycles. The van der Waals surface area contributed by atoms with Crippen LogP contribution in [0.2, 0.25) is 5.02 Å². The number of hydrogen-bond acceptors (Lipinski definition) is 3. The van der Waals surface area contributed by atoms with Gasteiger partial charge in [-0.15, -0.1) is 0 Å². The van der Waals surface area contributed by atoms with Crippen LogP contribution in [0.25, 0.3) is 5.65 Å². The molecular weight excluding hydrogens is 393 g/mol. The predicted molar refractivity (Wildman–Crippen MR) is 86.0 cm³/mol. The maximum atomic E-state index is 11.6. The largest absolute Gasteiger partial charge is 0.444 e. The predicted octanol–water partition coefficient (Wildman–Crippen LogP) is 3.62. The Bertz CT molecular complexity index is 649. The SMILES string of the molecule is CC(C)(C)OC(=O)NCc1nc2cc(Cl)ccn2c1I. The molecule has 5 nitrogen and oxygen atoms in total. The van der Waals surface area contributed by atoms with E-state index in [0.717, 1.165) is 15.0 Å². The number of ether oxygens (including phenoxy) is 1. The average Bonchev–Trinajstić information content (AvgIpc) is 2.61. The quantitative estimate of drug-likeness (QED) is 0.774. The van der Waals surface area contributed by atoms with E-state index in [0.29, 0.717) is 11.6 Å². The number of fused-ring (bicyclic) bond motifs is 1. The molecule has 0 aliphatic rings. The number of alkyl carbamates (subject to hydrolysis) is 1. The average molecular weight is 408 g/mol. The molecule has 0 saturated heterocycles. The van der Waals surface area contributed by atoms with E-state index >= 15 is 0 Å². The van der Waals surface area contributed by atoms with Gasteiger partial charge >= 0.3 is 6.09 Å². The second-order valence-corrected chi connectivity index (χ2v) is 6.74. The molecule has 20 heavy (non-hydrogen) atoms. The maximum Gasteiger partial charge on any atom is 0.407 e. The smallest absolute Gasteiger partial charge is 0.407 e. The summed E-state index contributed by atoms with van der Waals surface area (Å²) in [4.78, 5) is 16.1. The van der Waals surface area contributed by atoms with Gasteiger partial charge < -0.3 is 10.1 Å². The van der Waals surface area contributed by atoms with Crippen LogP contribution in [0.15, 0.2) is 18.3 Å². The first-order valence-corrected chi connectivity index (χ1v) is 7.51.